The molecule has 2 aliphatic heterocycles. The van der Waals surface area contributed by atoms with Crippen molar-refractivity contribution in [2.45, 2.75) is 6.54 Å². The Morgan fingerprint density at radius 3 is 2.34 bits per heavy atom. The minimum Gasteiger partial charge on any atom is -0.381 e. The van der Waals surface area contributed by atoms with Crippen molar-refractivity contribution in [2.75, 3.05) is 44.7 Å². The topological polar surface area (TPSA) is 61.9 Å². The van der Waals surface area contributed by atoms with Crippen molar-refractivity contribution in [1.29, 1.82) is 0 Å². The highest BCUT2D eigenvalue weighted by Gasteiger charge is 2.35. The average Bonchev–Trinajstić information content (AvgIpc) is 2.96. The maximum atomic E-state index is 12.8. The molecule has 0 bridgehead atoms. The minimum absolute atomic E-state index is 0.237. The highest BCUT2D eigenvalue weighted by molar-refractivity contribution is 6.36. The number of carbonyl (C=O) groups is 2. The van der Waals surface area contributed by atoms with Crippen molar-refractivity contribution in [1.82, 2.24) is 9.80 Å². The Hall–Kier alpha value is -2.12. The molecule has 2 amide bonds. The van der Waals surface area contributed by atoms with Crippen LogP contribution in [0.5, 0.6) is 0 Å². The lowest BCUT2D eigenvalue weighted by Gasteiger charge is -2.27. The number of imide groups is 1. The summed E-state index contributed by atoms with van der Waals surface area (Å²) in [5.41, 5.74) is 2.38. The van der Waals surface area contributed by atoms with E-state index in [1.165, 1.54) is 4.90 Å². The number of nitrogens with one attached hydrogen (secondary N) is 1. The molecule has 0 saturated carbocycles. The number of hydrogen-bond donors (Lipinski definition) is 1. The number of fused-ring (bicyclic) bond motifs is 1. The van der Waals surface area contributed by atoms with Gasteiger partial charge < -0.3 is 10.1 Å². The van der Waals surface area contributed by atoms with E-state index in [4.69, 9.17) is 27.9 Å². The molecule has 1 N–H and O–H groups in total. The molecular weight excluding hydrogens is 413 g/mol. The molecule has 152 valence electrons. The Bertz CT molecular complexity index is 925. The van der Waals surface area contributed by atoms with Gasteiger partial charge in [-0.2, -0.15) is 0 Å². The van der Waals surface area contributed by atoms with Crippen LogP contribution in [-0.2, 0) is 11.3 Å². The molecule has 0 aliphatic carbocycles. The van der Waals surface area contributed by atoms with Crippen LogP contribution in [0.15, 0.2) is 36.4 Å². The molecule has 0 spiro atoms. The largest absolute Gasteiger partial charge is 0.381 e. The summed E-state index contributed by atoms with van der Waals surface area (Å²) < 4.78 is 5.33. The Kier molecular flexibility index (Phi) is 6.06. The number of nitrogens with zero attached hydrogens (tertiary/aromatic N) is 2. The third kappa shape index (κ3) is 4.26. The quantitative estimate of drug-likeness (QED) is 0.705. The zero-order chi connectivity index (χ0) is 20.4. The molecule has 6 nitrogen and oxygen atoms in total. The van der Waals surface area contributed by atoms with Crippen molar-refractivity contribution in [3.63, 3.8) is 0 Å². The smallest absolute Gasteiger partial charge is 0.261 e. The summed E-state index contributed by atoms with van der Waals surface area (Å²) in [6.45, 7) is 4.47. The second kappa shape index (κ2) is 8.71. The van der Waals surface area contributed by atoms with Crippen molar-refractivity contribution in [2.24, 2.45) is 0 Å². The van der Waals surface area contributed by atoms with Crippen LogP contribution >= 0.6 is 23.2 Å². The maximum absolute atomic E-state index is 12.8. The van der Waals surface area contributed by atoms with E-state index < -0.39 is 0 Å². The first-order valence-electron chi connectivity index (χ1n) is 9.51. The Morgan fingerprint density at radius 2 is 1.62 bits per heavy atom. The molecule has 1 saturated heterocycles. The molecule has 8 heteroatoms. The minimum atomic E-state index is -0.252. The lowest BCUT2D eigenvalue weighted by Crippen LogP contribution is -2.42. The molecule has 0 atom stereocenters. The number of amides is 2. The molecular formula is C21H21Cl2N3O3. The summed E-state index contributed by atoms with van der Waals surface area (Å²) in [4.78, 5) is 29.0. The molecule has 2 aliphatic rings. The summed E-state index contributed by atoms with van der Waals surface area (Å²) in [7, 11) is 0. The SMILES string of the molecule is O=C1c2ccc(NCc3c(Cl)cccc3Cl)cc2C(=O)N1CCN1CCOCC1. The number of benzene rings is 2. The summed E-state index contributed by atoms with van der Waals surface area (Å²) >= 11 is 12.4. The number of hydrogen-bond acceptors (Lipinski definition) is 5. The van der Waals surface area contributed by atoms with Crippen LogP contribution in [0.3, 0.4) is 0 Å². The fourth-order valence-electron chi connectivity index (χ4n) is 3.56. The number of carbonyl (C=O) groups excluding carboxylic acids is 2. The highest BCUT2D eigenvalue weighted by Crippen LogP contribution is 2.28. The monoisotopic (exact) mass is 433 g/mol. The van der Waals surface area contributed by atoms with Gasteiger partial charge in [0, 0.05) is 54.0 Å². The predicted octanol–water partition coefficient (Wildman–Crippen LogP) is 3.53. The van der Waals surface area contributed by atoms with Gasteiger partial charge in [0.05, 0.1) is 24.3 Å². The van der Waals surface area contributed by atoms with E-state index in [0.717, 1.165) is 24.3 Å². The van der Waals surface area contributed by atoms with Crippen molar-refractivity contribution in [3.8, 4) is 0 Å². The van der Waals surface area contributed by atoms with Crippen LogP contribution in [0.25, 0.3) is 0 Å². The van der Waals surface area contributed by atoms with Gasteiger partial charge in [0.25, 0.3) is 11.8 Å². The van der Waals surface area contributed by atoms with Crippen molar-refractivity contribution < 1.29 is 14.3 Å². The third-order valence-corrected chi connectivity index (χ3v) is 5.95. The summed E-state index contributed by atoms with van der Waals surface area (Å²) in [6.07, 6.45) is 0. The molecule has 2 aromatic carbocycles. The van der Waals surface area contributed by atoms with Crippen LogP contribution in [-0.4, -0.2) is 61.0 Å². The zero-order valence-corrected chi connectivity index (χ0v) is 17.3. The normalized spacial score (nSPS) is 17.0. The van der Waals surface area contributed by atoms with Crippen LogP contribution in [0.4, 0.5) is 5.69 Å². The van der Waals surface area contributed by atoms with Gasteiger partial charge in [-0.3, -0.25) is 19.4 Å². The van der Waals surface area contributed by atoms with E-state index in [0.29, 0.717) is 54.0 Å². The van der Waals surface area contributed by atoms with Crippen LogP contribution in [0, 0.1) is 0 Å². The molecule has 1 fully saturated rings. The predicted molar refractivity (Wildman–Crippen MR) is 113 cm³/mol. The van der Waals surface area contributed by atoms with Crippen LogP contribution in [0.1, 0.15) is 26.3 Å². The fourth-order valence-corrected chi connectivity index (χ4v) is 4.09. The second-order valence-electron chi connectivity index (χ2n) is 7.03. The van der Waals surface area contributed by atoms with E-state index in [2.05, 4.69) is 10.2 Å². The first-order chi connectivity index (χ1) is 14.0. The molecule has 4 rings (SSSR count). The van der Waals surface area contributed by atoms with Gasteiger partial charge in [-0.25, -0.2) is 0 Å². The number of rotatable bonds is 6. The lowest BCUT2D eigenvalue weighted by atomic mass is 10.1. The standard InChI is InChI=1S/C21H21Cl2N3O3/c22-18-2-1-3-19(23)17(18)13-24-14-4-5-15-16(12-14)21(28)26(20(15)27)7-6-25-8-10-29-11-9-25/h1-5,12,24H,6-11,13H2. The van der Waals surface area contributed by atoms with Gasteiger partial charge in [-0.1, -0.05) is 29.3 Å². The fraction of sp³-hybridized carbons (Fsp3) is 0.333. The lowest BCUT2D eigenvalue weighted by molar-refractivity contribution is 0.0325. The van der Waals surface area contributed by atoms with Gasteiger partial charge in [-0.05, 0) is 30.3 Å². The molecule has 0 aromatic heterocycles. The van der Waals surface area contributed by atoms with E-state index in [1.807, 2.05) is 0 Å². The summed E-state index contributed by atoms with van der Waals surface area (Å²) in [5.74, 6) is -0.489. The first kappa shape index (κ1) is 20.2. The number of morpholine rings is 1. The number of anilines is 1. The van der Waals surface area contributed by atoms with Gasteiger partial charge in [0.1, 0.15) is 0 Å². The van der Waals surface area contributed by atoms with E-state index >= 15 is 0 Å². The molecule has 2 heterocycles. The highest BCUT2D eigenvalue weighted by atomic mass is 35.5. The van der Waals surface area contributed by atoms with Crippen LogP contribution in [0.2, 0.25) is 10.0 Å². The molecule has 29 heavy (non-hydrogen) atoms. The summed E-state index contributed by atoms with van der Waals surface area (Å²) in [6, 6.07) is 10.6. The number of halogens is 2. The van der Waals surface area contributed by atoms with E-state index in [-0.39, 0.29) is 11.8 Å². The van der Waals surface area contributed by atoms with Gasteiger partial charge in [0.15, 0.2) is 0 Å². The van der Waals surface area contributed by atoms with E-state index in [1.54, 1.807) is 36.4 Å². The Balaban J connectivity index is 1.43. The maximum Gasteiger partial charge on any atom is 0.261 e. The zero-order valence-electron chi connectivity index (χ0n) is 15.8. The second-order valence-corrected chi connectivity index (χ2v) is 7.84. The van der Waals surface area contributed by atoms with Crippen LogP contribution < -0.4 is 5.32 Å². The molecule has 0 unspecified atom stereocenters. The average molecular weight is 434 g/mol. The first-order valence-corrected chi connectivity index (χ1v) is 10.3. The van der Waals surface area contributed by atoms with Crippen molar-refractivity contribution >= 4 is 40.7 Å². The third-order valence-electron chi connectivity index (χ3n) is 5.25. The van der Waals surface area contributed by atoms with E-state index in [9.17, 15) is 9.59 Å². The van der Waals surface area contributed by atoms with Gasteiger partial charge in [0.2, 0.25) is 0 Å². The Morgan fingerprint density at radius 1 is 0.931 bits per heavy atom. The van der Waals surface area contributed by atoms with Gasteiger partial charge >= 0.3 is 0 Å². The Labute approximate surface area is 179 Å². The molecule has 0 radical (unpaired) electrons. The van der Waals surface area contributed by atoms with Gasteiger partial charge in [-0.15, -0.1) is 0 Å². The van der Waals surface area contributed by atoms with Crippen molar-refractivity contribution in [3.05, 3.63) is 63.1 Å². The molecule has 2 aromatic rings. The summed E-state index contributed by atoms with van der Waals surface area (Å²) in [5, 5.41) is 4.38. The number of ether oxygens (including phenoxy) is 1.